The Bertz CT molecular complexity index is 4610. The molecule has 10 aromatic rings. The van der Waals surface area contributed by atoms with Crippen LogP contribution in [0, 0.1) is 0 Å². The molecule has 374 valence electrons. The third-order valence-corrected chi connectivity index (χ3v) is 15.4. The van der Waals surface area contributed by atoms with Crippen LogP contribution in [0.1, 0.15) is 124 Å². The number of anilines is 4. The van der Waals surface area contributed by atoms with Gasteiger partial charge in [0.1, 0.15) is 24.0 Å². The maximum absolute atomic E-state index is 9.48. The lowest BCUT2D eigenvalue weighted by Crippen LogP contribution is -2.33. The van der Waals surface area contributed by atoms with Crippen LogP contribution < -0.4 is 14.5 Å². The number of rotatable bonds is 8. The van der Waals surface area contributed by atoms with Crippen molar-refractivity contribution in [3.05, 3.63) is 216 Å². The molecule has 2 aliphatic rings. The standard InChI is InChI=1S/C70H68N4O/c1-67(2,3)49-39-55(46-22-13-11-14-23-46)66(56(40-49)48-32-35-58-60(38-48)70(9,10)37-36-69(58,7)8)73-45-72(62-30-19-20-31-63(62)73)50-26-21-27-51(41-50)75-52-33-34-54-53-28-17-18-29-61(53)74(64(54)42-52)65-43-59(68(4,5)6)57(44-71-65)47-24-15-12-16-25-47/h11-35,38-44H,36-37,45H2,1-10H3/i11D,12D,13D,14D,15D,16D,17D,18D,22D,23D,24D,25D,28D,29D. The highest BCUT2D eigenvalue weighted by molar-refractivity contribution is 6.09. The van der Waals surface area contributed by atoms with Crippen molar-refractivity contribution < 1.29 is 23.9 Å². The molecule has 12 rings (SSSR count). The smallest absolute Gasteiger partial charge is 0.137 e. The Morgan fingerprint density at radius 3 is 1.84 bits per heavy atom. The van der Waals surface area contributed by atoms with Crippen molar-refractivity contribution in [2.24, 2.45) is 0 Å². The average Bonchev–Trinajstić information content (AvgIpc) is 1.78. The van der Waals surface area contributed by atoms with Crippen molar-refractivity contribution in [3.8, 4) is 50.7 Å². The molecule has 8 aromatic carbocycles. The topological polar surface area (TPSA) is 33.5 Å². The molecule has 3 heterocycles. The van der Waals surface area contributed by atoms with Gasteiger partial charge in [0.05, 0.1) is 47.3 Å². The predicted octanol–water partition coefficient (Wildman–Crippen LogP) is 19.2. The molecule has 0 bridgehead atoms. The van der Waals surface area contributed by atoms with Crippen molar-refractivity contribution in [1.82, 2.24) is 9.55 Å². The van der Waals surface area contributed by atoms with E-state index >= 15 is 0 Å². The largest absolute Gasteiger partial charge is 0.457 e. The summed E-state index contributed by atoms with van der Waals surface area (Å²) in [5, 5.41) is 0.757. The minimum Gasteiger partial charge on any atom is -0.457 e. The van der Waals surface area contributed by atoms with E-state index in [-0.39, 0.29) is 81.6 Å². The van der Waals surface area contributed by atoms with Gasteiger partial charge in [-0.25, -0.2) is 4.98 Å². The van der Waals surface area contributed by atoms with Gasteiger partial charge in [-0.15, -0.1) is 0 Å². The van der Waals surface area contributed by atoms with Crippen LogP contribution in [-0.4, -0.2) is 16.2 Å². The number of pyridine rings is 1. The second-order valence-corrected chi connectivity index (χ2v) is 23.4. The van der Waals surface area contributed by atoms with Gasteiger partial charge in [0.2, 0.25) is 0 Å². The first kappa shape index (κ1) is 34.6. The molecule has 1 aliphatic heterocycles. The van der Waals surface area contributed by atoms with Crippen molar-refractivity contribution in [3.63, 3.8) is 0 Å². The van der Waals surface area contributed by atoms with E-state index in [4.69, 9.17) is 23.4 Å². The molecule has 1 aliphatic carbocycles. The van der Waals surface area contributed by atoms with Gasteiger partial charge < -0.3 is 14.5 Å². The molecule has 0 radical (unpaired) electrons. The number of ether oxygens (including phenoxy) is 1. The quantitative estimate of drug-likeness (QED) is 0.152. The SMILES string of the molecule is [2H]c1c([2H])c([2H])c(-c2cnc(-n3c4cc(Oc5cccc(N6CN(c7c(-c8ccc9c(c8)C(C)(C)CCC9(C)C)cc(C(C)(C)C)cc7-c7c([2H])c([2H])c([2H])c([2H])c7[2H])c7ccccc76)c5)ccc4c4c([2H])c([2H])c([2H])c([2H])c43)cc2C(C)(C)C)c([2H])c1[2H]. The molecular weight excluding hydrogens is 913 g/mol. The number of fused-ring (bicyclic) bond motifs is 5. The van der Waals surface area contributed by atoms with Gasteiger partial charge >= 0.3 is 0 Å². The van der Waals surface area contributed by atoms with Gasteiger partial charge in [0.25, 0.3) is 0 Å². The molecule has 0 atom stereocenters. The Balaban J connectivity index is 1.01. The Morgan fingerprint density at radius 1 is 0.520 bits per heavy atom. The molecule has 0 N–H and O–H groups in total. The van der Waals surface area contributed by atoms with Crippen LogP contribution in [0.25, 0.3) is 61.0 Å². The number of benzene rings is 8. The van der Waals surface area contributed by atoms with Crippen LogP contribution in [0.2, 0.25) is 0 Å². The molecule has 0 spiro atoms. The Labute approximate surface area is 463 Å². The lowest BCUT2D eigenvalue weighted by molar-refractivity contribution is 0.332. The van der Waals surface area contributed by atoms with Crippen LogP contribution >= 0.6 is 0 Å². The first-order valence-corrected chi connectivity index (χ1v) is 25.7. The van der Waals surface area contributed by atoms with Crippen LogP contribution in [0.5, 0.6) is 11.5 Å². The highest BCUT2D eigenvalue weighted by Crippen LogP contribution is 2.53. The Hall–Kier alpha value is -7.89. The third-order valence-electron chi connectivity index (χ3n) is 15.4. The summed E-state index contributed by atoms with van der Waals surface area (Å²) < 4.78 is 133. The Morgan fingerprint density at radius 2 is 1.15 bits per heavy atom. The zero-order valence-electron chi connectivity index (χ0n) is 58.2. The van der Waals surface area contributed by atoms with E-state index in [0.717, 1.165) is 46.6 Å². The van der Waals surface area contributed by atoms with Gasteiger partial charge in [-0.05, 0) is 134 Å². The van der Waals surface area contributed by atoms with E-state index in [1.807, 2.05) is 75.4 Å². The minimum atomic E-state index is -0.692. The molecule has 5 heteroatoms. The molecular formula is C70H68N4O. The van der Waals surface area contributed by atoms with E-state index < -0.39 is 59.2 Å². The first-order valence-electron chi connectivity index (χ1n) is 32.7. The summed E-state index contributed by atoms with van der Waals surface area (Å²) in [6, 6.07) is 28.1. The van der Waals surface area contributed by atoms with E-state index in [1.54, 1.807) is 28.8 Å². The van der Waals surface area contributed by atoms with Crippen LogP contribution in [0.4, 0.5) is 22.7 Å². The molecule has 0 unspecified atom stereocenters. The number of para-hydroxylation sites is 3. The molecule has 0 amide bonds. The van der Waals surface area contributed by atoms with E-state index in [0.29, 0.717) is 44.8 Å². The first-order chi connectivity index (χ1) is 41.7. The maximum atomic E-state index is 9.48. The summed E-state index contributed by atoms with van der Waals surface area (Å²) in [6.45, 7) is 21.6. The molecule has 0 saturated heterocycles. The summed E-state index contributed by atoms with van der Waals surface area (Å²) in [7, 11) is 0. The second-order valence-electron chi connectivity index (χ2n) is 23.4. The van der Waals surface area contributed by atoms with Gasteiger partial charge in [-0.1, -0.05) is 184 Å². The molecule has 0 saturated carbocycles. The fraction of sp³-hybridized carbons (Fsp3) is 0.243. The zero-order valence-corrected chi connectivity index (χ0v) is 44.2. The molecule has 5 nitrogen and oxygen atoms in total. The Kier molecular flexibility index (Phi) is 8.25. The van der Waals surface area contributed by atoms with E-state index in [1.165, 1.54) is 17.3 Å². The fourth-order valence-corrected chi connectivity index (χ4v) is 11.2. The monoisotopic (exact) mass is 995 g/mol. The normalized spacial score (nSPS) is 17.7. The minimum absolute atomic E-state index is 0.0108. The van der Waals surface area contributed by atoms with Crippen molar-refractivity contribution in [2.75, 3.05) is 16.5 Å². The summed E-state index contributed by atoms with van der Waals surface area (Å²) in [6.07, 6.45) is 3.50. The van der Waals surface area contributed by atoms with Crippen LogP contribution in [0.15, 0.2) is 194 Å². The lowest BCUT2D eigenvalue weighted by Gasteiger charge is -2.42. The van der Waals surface area contributed by atoms with Crippen molar-refractivity contribution in [1.29, 1.82) is 0 Å². The van der Waals surface area contributed by atoms with Crippen LogP contribution in [-0.2, 0) is 21.7 Å². The second kappa shape index (κ2) is 17.9. The molecule has 0 fully saturated rings. The highest BCUT2D eigenvalue weighted by atomic mass is 16.5. The molecule has 75 heavy (non-hydrogen) atoms. The summed E-state index contributed by atoms with van der Waals surface area (Å²) in [5.74, 6) is 1.08. The summed E-state index contributed by atoms with van der Waals surface area (Å²) in [4.78, 5) is 9.20. The van der Waals surface area contributed by atoms with Crippen LogP contribution in [0.3, 0.4) is 0 Å². The number of aromatic nitrogens is 2. The number of nitrogens with zero attached hydrogens (tertiary/aromatic N) is 4. The van der Waals surface area contributed by atoms with E-state index in [2.05, 4.69) is 82.5 Å². The fourth-order valence-electron chi connectivity index (χ4n) is 11.2. The maximum Gasteiger partial charge on any atom is 0.137 e. The van der Waals surface area contributed by atoms with Gasteiger partial charge in [0, 0.05) is 51.5 Å². The number of hydrogen-bond donors (Lipinski definition) is 0. The van der Waals surface area contributed by atoms with Crippen molar-refractivity contribution in [2.45, 2.75) is 104 Å². The highest BCUT2D eigenvalue weighted by Gasteiger charge is 2.38. The van der Waals surface area contributed by atoms with Gasteiger partial charge in [-0.2, -0.15) is 0 Å². The van der Waals surface area contributed by atoms with Gasteiger partial charge in [-0.3, -0.25) is 4.57 Å². The predicted molar refractivity (Wildman–Crippen MR) is 316 cm³/mol. The lowest BCUT2D eigenvalue weighted by atomic mass is 9.63. The average molecular weight is 995 g/mol. The van der Waals surface area contributed by atoms with Gasteiger partial charge in [0.15, 0.2) is 0 Å². The molecule has 2 aromatic heterocycles. The summed E-state index contributed by atoms with van der Waals surface area (Å²) in [5.41, 5.74) is 9.20. The number of hydrogen-bond acceptors (Lipinski definition) is 4. The zero-order chi connectivity index (χ0) is 64.2. The van der Waals surface area contributed by atoms with E-state index in [9.17, 15) is 5.48 Å². The summed E-state index contributed by atoms with van der Waals surface area (Å²) >= 11 is 0. The third kappa shape index (κ3) is 8.57. The van der Waals surface area contributed by atoms with Crippen molar-refractivity contribution >= 4 is 44.6 Å².